The van der Waals surface area contributed by atoms with Crippen LogP contribution in [0.25, 0.3) is 0 Å². The maximum Gasteiger partial charge on any atom is 0.354 e. The van der Waals surface area contributed by atoms with E-state index in [1.165, 1.54) is 7.11 Å². The summed E-state index contributed by atoms with van der Waals surface area (Å²) in [5, 5.41) is 0. The van der Waals surface area contributed by atoms with Gasteiger partial charge in [0, 0.05) is 23.2 Å². The monoisotopic (exact) mass is 362 g/mol. The molecule has 1 aliphatic carbocycles. The van der Waals surface area contributed by atoms with Crippen molar-refractivity contribution < 1.29 is 19.1 Å². The zero-order valence-electron chi connectivity index (χ0n) is 16.6. The van der Waals surface area contributed by atoms with Crippen molar-refractivity contribution in [1.29, 1.82) is 0 Å². The molecule has 1 amide bonds. The molecule has 0 aliphatic heterocycles. The van der Waals surface area contributed by atoms with Gasteiger partial charge in [-0.25, -0.2) is 4.79 Å². The summed E-state index contributed by atoms with van der Waals surface area (Å²) in [6.45, 7) is 9.14. The first-order valence-electron chi connectivity index (χ1n) is 9.34. The average molecular weight is 362 g/mol. The van der Waals surface area contributed by atoms with E-state index in [0.717, 1.165) is 25.7 Å². The largest absolute Gasteiger partial charge is 0.464 e. The van der Waals surface area contributed by atoms with Crippen LogP contribution in [0.4, 0.5) is 0 Å². The molecule has 144 valence electrons. The number of nitrogens with zero attached hydrogens (tertiary/aromatic N) is 1. The van der Waals surface area contributed by atoms with Crippen molar-refractivity contribution in [3.63, 3.8) is 0 Å². The first kappa shape index (κ1) is 20.2. The van der Waals surface area contributed by atoms with E-state index in [-0.39, 0.29) is 23.7 Å². The third-order valence-corrected chi connectivity index (χ3v) is 5.39. The highest BCUT2D eigenvalue weighted by Crippen LogP contribution is 2.29. The van der Waals surface area contributed by atoms with Crippen LogP contribution in [0.3, 0.4) is 0 Å². The van der Waals surface area contributed by atoms with Crippen molar-refractivity contribution in [3.8, 4) is 0 Å². The lowest BCUT2D eigenvalue weighted by Crippen LogP contribution is -2.49. The zero-order chi connectivity index (χ0) is 19.6. The molecule has 6 heteroatoms. The zero-order valence-corrected chi connectivity index (χ0v) is 16.6. The summed E-state index contributed by atoms with van der Waals surface area (Å²) >= 11 is 0. The topological polar surface area (TPSA) is 79.5 Å². The Hall–Kier alpha value is -2.11. The molecule has 1 aliphatic rings. The van der Waals surface area contributed by atoms with Gasteiger partial charge in [0.05, 0.1) is 13.2 Å². The molecule has 0 radical (unpaired) electrons. The Morgan fingerprint density at radius 1 is 1.12 bits per heavy atom. The molecule has 1 fully saturated rings. The Morgan fingerprint density at radius 2 is 1.69 bits per heavy atom. The summed E-state index contributed by atoms with van der Waals surface area (Å²) in [4.78, 5) is 42.7. The van der Waals surface area contributed by atoms with Gasteiger partial charge in [-0.1, -0.05) is 12.8 Å². The number of Topliss-reactive ketones (excluding diaryl/α,β-unsaturated/α-hetero) is 1. The predicted octanol–water partition coefficient (Wildman–Crippen LogP) is 3.42. The lowest BCUT2D eigenvalue weighted by Gasteiger charge is -2.34. The summed E-state index contributed by atoms with van der Waals surface area (Å²) in [6, 6.07) is -0.650. The molecule has 0 bridgehead atoms. The van der Waals surface area contributed by atoms with E-state index >= 15 is 0 Å². The van der Waals surface area contributed by atoms with Crippen LogP contribution in [-0.4, -0.2) is 46.7 Å². The van der Waals surface area contributed by atoms with Crippen molar-refractivity contribution in [1.82, 2.24) is 9.88 Å². The Morgan fingerprint density at radius 3 is 2.19 bits per heavy atom. The van der Waals surface area contributed by atoms with Gasteiger partial charge < -0.3 is 14.6 Å². The Labute approximate surface area is 155 Å². The molecule has 2 rings (SSSR count). The van der Waals surface area contributed by atoms with Crippen LogP contribution in [0.5, 0.6) is 0 Å². The number of rotatable bonds is 6. The van der Waals surface area contributed by atoms with E-state index in [9.17, 15) is 14.4 Å². The molecule has 0 aromatic carbocycles. The number of carbonyl (C=O) groups is 3. The molecule has 0 spiro atoms. The number of methoxy groups -OCH3 is 1. The maximum atomic E-state index is 13.2. The molecule has 1 heterocycles. The molecule has 1 atom stereocenters. The minimum atomic E-state index is -0.582. The molecule has 6 nitrogen and oxygen atoms in total. The van der Waals surface area contributed by atoms with Gasteiger partial charge in [0.2, 0.25) is 5.91 Å². The van der Waals surface area contributed by atoms with Crippen LogP contribution >= 0.6 is 0 Å². The van der Waals surface area contributed by atoms with Gasteiger partial charge in [-0.15, -0.1) is 0 Å². The van der Waals surface area contributed by atoms with Crippen molar-refractivity contribution in [2.75, 3.05) is 7.11 Å². The fourth-order valence-corrected chi connectivity index (χ4v) is 4.04. The first-order valence-corrected chi connectivity index (χ1v) is 9.34. The average Bonchev–Trinajstić information content (AvgIpc) is 3.21. The van der Waals surface area contributed by atoms with E-state index in [1.54, 1.807) is 25.7 Å². The molecule has 1 N–H and O–H groups in total. The van der Waals surface area contributed by atoms with Crippen LogP contribution in [-0.2, 0) is 9.53 Å². The fourth-order valence-electron chi connectivity index (χ4n) is 4.04. The second kappa shape index (κ2) is 8.06. The number of hydrogen-bond donors (Lipinski definition) is 1. The number of aromatic nitrogens is 1. The molecule has 1 aromatic heterocycles. The third kappa shape index (κ3) is 3.69. The van der Waals surface area contributed by atoms with Crippen LogP contribution < -0.4 is 0 Å². The Balaban J connectivity index is 2.33. The number of nitrogens with one attached hydrogen (secondary N) is 1. The van der Waals surface area contributed by atoms with Gasteiger partial charge in [-0.05, 0) is 53.0 Å². The minimum absolute atomic E-state index is 0.0201. The number of carbonyl (C=O) groups excluding carboxylic acids is 3. The van der Waals surface area contributed by atoms with Crippen molar-refractivity contribution in [2.24, 2.45) is 5.92 Å². The smallest absolute Gasteiger partial charge is 0.354 e. The molecule has 1 unspecified atom stereocenters. The minimum Gasteiger partial charge on any atom is -0.464 e. The van der Waals surface area contributed by atoms with Gasteiger partial charge in [0.1, 0.15) is 5.69 Å². The molecular weight excluding hydrogens is 332 g/mol. The molecule has 0 saturated heterocycles. The van der Waals surface area contributed by atoms with E-state index in [4.69, 9.17) is 4.74 Å². The predicted molar refractivity (Wildman–Crippen MR) is 99.3 cm³/mol. The van der Waals surface area contributed by atoms with E-state index in [1.807, 2.05) is 13.8 Å². The van der Waals surface area contributed by atoms with Crippen molar-refractivity contribution in [3.05, 3.63) is 22.5 Å². The van der Waals surface area contributed by atoms with Crippen LogP contribution in [0, 0.1) is 19.8 Å². The van der Waals surface area contributed by atoms with Gasteiger partial charge in [-0.2, -0.15) is 0 Å². The highest BCUT2D eigenvalue weighted by molar-refractivity contribution is 6.06. The highest BCUT2D eigenvalue weighted by atomic mass is 16.5. The van der Waals surface area contributed by atoms with Crippen LogP contribution in [0.15, 0.2) is 0 Å². The van der Waals surface area contributed by atoms with Gasteiger partial charge in [0.25, 0.3) is 0 Å². The summed E-state index contributed by atoms with van der Waals surface area (Å²) in [6.07, 6.45) is 3.95. The number of hydrogen-bond acceptors (Lipinski definition) is 4. The number of aryl methyl sites for hydroxylation is 1. The SMILES string of the molecule is COC(=O)c1[nH]c(C)c(C(=O)C(C)N(C(=O)C2CCCC2)C(C)C)c1C. The molecule has 26 heavy (non-hydrogen) atoms. The van der Waals surface area contributed by atoms with Gasteiger partial charge in [-0.3, -0.25) is 9.59 Å². The second-order valence-electron chi connectivity index (χ2n) is 7.48. The number of esters is 1. The first-order chi connectivity index (χ1) is 12.2. The number of ether oxygens (including phenoxy) is 1. The third-order valence-electron chi connectivity index (χ3n) is 5.39. The number of amides is 1. The molecule has 1 saturated carbocycles. The normalized spacial score (nSPS) is 16.0. The molecule has 1 aromatic rings. The Bertz CT molecular complexity index is 699. The van der Waals surface area contributed by atoms with Crippen molar-refractivity contribution >= 4 is 17.7 Å². The lowest BCUT2D eigenvalue weighted by molar-refractivity contribution is -0.138. The number of aromatic amines is 1. The number of ketones is 1. The summed E-state index contributed by atoms with van der Waals surface area (Å²) in [5.41, 5.74) is 1.96. The van der Waals surface area contributed by atoms with Crippen LogP contribution in [0.2, 0.25) is 0 Å². The summed E-state index contributed by atoms with van der Waals surface area (Å²) < 4.78 is 4.77. The summed E-state index contributed by atoms with van der Waals surface area (Å²) in [5.74, 6) is -0.560. The standard InChI is InChI=1S/C20H30N2O4/c1-11(2)22(19(24)15-9-7-8-10-15)14(5)18(23)16-12(3)17(20(25)26-6)21-13(16)4/h11,14-15,21H,7-10H2,1-6H3. The fraction of sp³-hybridized carbons (Fsp3) is 0.650. The number of H-pyrrole nitrogens is 1. The van der Waals surface area contributed by atoms with E-state index in [2.05, 4.69) is 4.98 Å². The van der Waals surface area contributed by atoms with Crippen LogP contribution in [0.1, 0.15) is 78.6 Å². The van der Waals surface area contributed by atoms with Gasteiger partial charge in [0.15, 0.2) is 5.78 Å². The van der Waals surface area contributed by atoms with E-state index < -0.39 is 12.0 Å². The maximum absolute atomic E-state index is 13.2. The summed E-state index contributed by atoms with van der Waals surface area (Å²) in [7, 11) is 1.31. The van der Waals surface area contributed by atoms with Gasteiger partial charge >= 0.3 is 5.97 Å². The lowest BCUT2D eigenvalue weighted by atomic mass is 9.97. The van der Waals surface area contributed by atoms with Crippen molar-refractivity contribution in [2.45, 2.75) is 72.4 Å². The van der Waals surface area contributed by atoms with E-state index in [0.29, 0.717) is 22.5 Å². The Kier molecular flexibility index (Phi) is 6.26. The second-order valence-corrected chi connectivity index (χ2v) is 7.48. The quantitative estimate of drug-likeness (QED) is 0.621. The highest BCUT2D eigenvalue weighted by Gasteiger charge is 2.36. The molecular formula is C20H30N2O4.